The van der Waals surface area contributed by atoms with E-state index in [0.29, 0.717) is 11.4 Å². The molecule has 1 amide bonds. The van der Waals surface area contributed by atoms with E-state index in [0.717, 1.165) is 25.7 Å². The van der Waals surface area contributed by atoms with Crippen LogP contribution in [0.5, 0.6) is 0 Å². The van der Waals surface area contributed by atoms with Gasteiger partial charge in [0.1, 0.15) is 4.88 Å². The molecule has 1 aliphatic carbocycles. The second-order valence-corrected chi connectivity index (χ2v) is 5.22. The fraction of sp³-hybridized carbons (Fsp3) is 0.636. The Morgan fingerprint density at radius 1 is 1.50 bits per heavy atom. The van der Waals surface area contributed by atoms with Crippen LogP contribution in [0, 0.1) is 0 Å². The van der Waals surface area contributed by atoms with Gasteiger partial charge < -0.3 is 10.4 Å². The van der Waals surface area contributed by atoms with Crippen LogP contribution in [0.25, 0.3) is 0 Å². The van der Waals surface area contributed by atoms with Crippen molar-refractivity contribution in [3.8, 4) is 0 Å². The van der Waals surface area contributed by atoms with E-state index < -0.39 is 5.60 Å². The lowest BCUT2D eigenvalue weighted by Crippen LogP contribution is -2.44. The highest BCUT2D eigenvalue weighted by Gasteiger charge is 2.29. The number of aliphatic hydroxyl groups is 1. The number of thiazole rings is 1. The molecule has 2 rings (SSSR count). The Kier molecular flexibility index (Phi) is 3.56. The second-order valence-electron chi connectivity index (χ2n) is 4.33. The molecule has 2 N–H and O–H groups in total. The maximum Gasteiger partial charge on any atom is 0.263 e. The van der Waals surface area contributed by atoms with Crippen molar-refractivity contribution in [3.05, 3.63) is 16.6 Å². The first kappa shape index (κ1) is 11.5. The zero-order valence-electron chi connectivity index (χ0n) is 9.11. The molecule has 16 heavy (non-hydrogen) atoms. The normalized spacial score (nSPS) is 19.3. The number of hydrogen-bond acceptors (Lipinski definition) is 4. The lowest BCUT2D eigenvalue weighted by atomic mass is 9.85. The van der Waals surface area contributed by atoms with Gasteiger partial charge in [0.25, 0.3) is 5.91 Å². The first-order valence-corrected chi connectivity index (χ1v) is 6.47. The monoisotopic (exact) mass is 240 g/mol. The number of aromatic nitrogens is 1. The zero-order valence-corrected chi connectivity index (χ0v) is 9.92. The maximum atomic E-state index is 11.6. The molecule has 0 atom stereocenters. The first-order chi connectivity index (χ1) is 7.70. The van der Waals surface area contributed by atoms with E-state index in [4.69, 9.17) is 0 Å². The molecule has 1 aromatic rings. The van der Waals surface area contributed by atoms with Crippen LogP contribution in [0.4, 0.5) is 0 Å². The van der Waals surface area contributed by atoms with Gasteiger partial charge in [0.05, 0.1) is 17.3 Å². The summed E-state index contributed by atoms with van der Waals surface area (Å²) in [4.78, 5) is 16.1. The molecule has 1 heterocycles. The molecule has 4 nitrogen and oxygen atoms in total. The van der Waals surface area contributed by atoms with Crippen LogP contribution in [0.1, 0.15) is 41.8 Å². The van der Waals surface area contributed by atoms with Gasteiger partial charge in [0.15, 0.2) is 0 Å². The average Bonchev–Trinajstić information content (AvgIpc) is 2.80. The van der Waals surface area contributed by atoms with Crippen molar-refractivity contribution in [2.24, 2.45) is 0 Å². The summed E-state index contributed by atoms with van der Waals surface area (Å²) in [6.07, 6.45) is 6.40. The van der Waals surface area contributed by atoms with Crippen LogP contribution in [0.2, 0.25) is 0 Å². The summed E-state index contributed by atoms with van der Waals surface area (Å²) in [5, 5.41) is 13.0. The van der Waals surface area contributed by atoms with E-state index in [1.54, 1.807) is 11.7 Å². The van der Waals surface area contributed by atoms with Crippen molar-refractivity contribution in [1.29, 1.82) is 0 Å². The minimum absolute atomic E-state index is 0.138. The van der Waals surface area contributed by atoms with Gasteiger partial charge in [-0.3, -0.25) is 9.78 Å². The number of carbonyl (C=O) groups excluding carboxylic acids is 1. The highest BCUT2D eigenvalue weighted by molar-refractivity contribution is 7.11. The lowest BCUT2D eigenvalue weighted by Gasteiger charge is -2.31. The summed E-state index contributed by atoms with van der Waals surface area (Å²) in [5.41, 5.74) is 0.933. The van der Waals surface area contributed by atoms with Gasteiger partial charge in [0.2, 0.25) is 0 Å². The van der Waals surface area contributed by atoms with Crippen LogP contribution in [-0.4, -0.2) is 28.1 Å². The predicted octanol–water partition coefficient (Wildman–Crippen LogP) is 1.57. The van der Waals surface area contributed by atoms with Crippen LogP contribution < -0.4 is 5.32 Å². The predicted molar refractivity (Wildman–Crippen MR) is 62.5 cm³/mol. The van der Waals surface area contributed by atoms with Gasteiger partial charge in [-0.2, -0.15) is 0 Å². The van der Waals surface area contributed by atoms with Crippen LogP contribution in [-0.2, 0) is 0 Å². The van der Waals surface area contributed by atoms with E-state index in [9.17, 15) is 9.90 Å². The Bertz CT molecular complexity index is 345. The third kappa shape index (κ3) is 2.80. The molecule has 1 aromatic heterocycles. The van der Waals surface area contributed by atoms with Gasteiger partial charge in [-0.25, -0.2) is 0 Å². The molecule has 0 aromatic carbocycles. The van der Waals surface area contributed by atoms with E-state index in [1.807, 2.05) is 0 Å². The molecule has 0 bridgehead atoms. The molecule has 1 saturated carbocycles. The topological polar surface area (TPSA) is 62.2 Å². The van der Waals surface area contributed by atoms with E-state index in [-0.39, 0.29) is 5.91 Å². The largest absolute Gasteiger partial charge is 0.388 e. The summed E-state index contributed by atoms with van der Waals surface area (Å²) in [6, 6.07) is 0. The van der Waals surface area contributed by atoms with Crippen molar-refractivity contribution < 1.29 is 9.90 Å². The van der Waals surface area contributed by atoms with Crippen molar-refractivity contribution in [3.63, 3.8) is 0 Å². The number of carbonyl (C=O) groups is 1. The maximum absolute atomic E-state index is 11.6. The van der Waals surface area contributed by atoms with Crippen molar-refractivity contribution in [2.75, 3.05) is 6.54 Å². The summed E-state index contributed by atoms with van der Waals surface area (Å²) in [7, 11) is 0. The van der Waals surface area contributed by atoms with Crippen LogP contribution in [0.15, 0.2) is 11.7 Å². The number of nitrogens with zero attached hydrogens (tertiary/aromatic N) is 1. The molecule has 1 fully saturated rings. The van der Waals surface area contributed by atoms with E-state index >= 15 is 0 Å². The van der Waals surface area contributed by atoms with Gasteiger partial charge in [-0.05, 0) is 12.8 Å². The third-order valence-electron chi connectivity index (χ3n) is 3.02. The molecule has 0 unspecified atom stereocenters. The molecule has 88 valence electrons. The Morgan fingerprint density at radius 2 is 2.25 bits per heavy atom. The van der Waals surface area contributed by atoms with Gasteiger partial charge >= 0.3 is 0 Å². The average molecular weight is 240 g/mol. The van der Waals surface area contributed by atoms with Gasteiger partial charge in [-0.15, -0.1) is 11.3 Å². The zero-order chi connectivity index (χ0) is 11.4. The molecule has 1 aliphatic rings. The first-order valence-electron chi connectivity index (χ1n) is 5.59. The lowest BCUT2D eigenvalue weighted by molar-refractivity contribution is 0.00529. The Labute approximate surface area is 98.7 Å². The van der Waals surface area contributed by atoms with E-state index in [2.05, 4.69) is 10.3 Å². The van der Waals surface area contributed by atoms with Crippen molar-refractivity contribution in [2.45, 2.75) is 37.7 Å². The molecule has 0 aliphatic heterocycles. The Balaban J connectivity index is 1.84. The third-order valence-corrected chi connectivity index (χ3v) is 3.79. The Hall–Kier alpha value is -0.940. The summed E-state index contributed by atoms with van der Waals surface area (Å²) >= 11 is 1.31. The fourth-order valence-corrected chi connectivity index (χ4v) is 2.58. The quantitative estimate of drug-likeness (QED) is 0.843. The number of hydrogen-bond donors (Lipinski definition) is 2. The standard InChI is InChI=1S/C11H16N2O2S/c14-10(9-6-12-8-16-9)13-7-11(15)4-2-1-3-5-11/h6,8,15H,1-5,7H2,(H,13,14). The molecule has 0 spiro atoms. The fourth-order valence-electron chi connectivity index (χ4n) is 2.05. The number of nitrogens with one attached hydrogen (secondary N) is 1. The highest BCUT2D eigenvalue weighted by Crippen LogP contribution is 2.27. The summed E-state index contributed by atoms with van der Waals surface area (Å²) < 4.78 is 0. The SMILES string of the molecule is O=C(NCC1(O)CCCCC1)c1cncs1. The van der Waals surface area contributed by atoms with E-state index in [1.165, 1.54) is 17.8 Å². The van der Waals surface area contributed by atoms with Crippen molar-refractivity contribution in [1.82, 2.24) is 10.3 Å². The van der Waals surface area contributed by atoms with Crippen molar-refractivity contribution >= 4 is 17.2 Å². The molecule has 0 saturated heterocycles. The summed E-state index contributed by atoms with van der Waals surface area (Å²) in [5.74, 6) is -0.138. The minimum atomic E-state index is -0.696. The molecule has 5 heteroatoms. The number of amides is 1. The Morgan fingerprint density at radius 3 is 2.88 bits per heavy atom. The van der Waals surface area contributed by atoms with Gasteiger partial charge in [0, 0.05) is 6.54 Å². The smallest absolute Gasteiger partial charge is 0.263 e. The second kappa shape index (κ2) is 4.93. The molecular weight excluding hydrogens is 224 g/mol. The number of rotatable bonds is 3. The highest BCUT2D eigenvalue weighted by atomic mass is 32.1. The van der Waals surface area contributed by atoms with Crippen LogP contribution in [0.3, 0.4) is 0 Å². The molecule has 0 radical (unpaired) electrons. The molecular formula is C11H16N2O2S. The minimum Gasteiger partial charge on any atom is -0.388 e. The summed E-state index contributed by atoms with van der Waals surface area (Å²) in [6.45, 7) is 0.351. The van der Waals surface area contributed by atoms with Gasteiger partial charge in [-0.1, -0.05) is 19.3 Å². The van der Waals surface area contributed by atoms with Crippen LogP contribution >= 0.6 is 11.3 Å².